The average Bonchev–Trinajstić information content (AvgIpc) is 3.15. The fourth-order valence-electron chi connectivity index (χ4n) is 3.89. The number of fused-ring (bicyclic) bond motifs is 1. The van der Waals surface area contributed by atoms with Crippen LogP contribution >= 0.6 is 0 Å². The first-order valence-corrected chi connectivity index (χ1v) is 9.00. The zero-order chi connectivity index (χ0) is 16.6. The largest absolute Gasteiger partial charge is 0.341 e. The van der Waals surface area contributed by atoms with Crippen LogP contribution in [0.25, 0.3) is 0 Å². The molecule has 1 aliphatic carbocycles. The van der Waals surface area contributed by atoms with Gasteiger partial charge in [-0.25, -0.2) is 0 Å². The lowest BCUT2D eigenvalue weighted by atomic mass is 9.91. The number of likely N-dealkylation sites (tertiary alicyclic amines) is 1. The van der Waals surface area contributed by atoms with E-state index in [2.05, 4.69) is 35.9 Å². The van der Waals surface area contributed by atoms with Gasteiger partial charge in [0.15, 0.2) is 0 Å². The summed E-state index contributed by atoms with van der Waals surface area (Å²) in [6.45, 7) is 10.4. The molecule has 5 nitrogen and oxygen atoms in total. The molecular weight excluding hydrogens is 288 g/mol. The molecule has 3 rings (SSSR count). The summed E-state index contributed by atoms with van der Waals surface area (Å²) >= 11 is 0. The van der Waals surface area contributed by atoms with Crippen LogP contribution in [-0.2, 0) is 16.8 Å². The van der Waals surface area contributed by atoms with Gasteiger partial charge in [-0.2, -0.15) is 5.10 Å². The zero-order valence-electron chi connectivity index (χ0n) is 14.9. The minimum atomic E-state index is -0.123. The fourth-order valence-corrected chi connectivity index (χ4v) is 3.89. The molecule has 23 heavy (non-hydrogen) atoms. The Balaban J connectivity index is 1.73. The van der Waals surface area contributed by atoms with Crippen LogP contribution in [0.3, 0.4) is 0 Å². The quantitative estimate of drug-likeness (QED) is 0.932. The van der Waals surface area contributed by atoms with Gasteiger partial charge in [0.1, 0.15) is 0 Å². The number of carbonyl (C=O) groups is 1. The molecule has 0 aromatic carbocycles. The average molecular weight is 318 g/mol. The smallest absolute Gasteiger partial charge is 0.239 e. The van der Waals surface area contributed by atoms with Gasteiger partial charge in [0.2, 0.25) is 5.91 Å². The van der Waals surface area contributed by atoms with Gasteiger partial charge in [-0.05, 0) is 59.8 Å². The van der Waals surface area contributed by atoms with E-state index in [9.17, 15) is 4.79 Å². The third kappa shape index (κ3) is 3.30. The number of nitrogens with zero attached hydrogens (tertiary/aromatic N) is 3. The van der Waals surface area contributed by atoms with Crippen molar-refractivity contribution in [3.8, 4) is 0 Å². The van der Waals surface area contributed by atoms with Crippen molar-refractivity contribution in [3.63, 3.8) is 0 Å². The maximum absolute atomic E-state index is 12.5. The summed E-state index contributed by atoms with van der Waals surface area (Å²) in [4.78, 5) is 14.5. The molecule has 1 aromatic rings. The van der Waals surface area contributed by atoms with Crippen molar-refractivity contribution < 1.29 is 4.79 Å². The summed E-state index contributed by atoms with van der Waals surface area (Å²) in [5.74, 6) is 0.248. The van der Waals surface area contributed by atoms with Gasteiger partial charge in [-0.1, -0.05) is 0 Å². The Morgan fingerprint density at radius 1 is 1.30 bits per heavy atom. The van der Waals surface area contributed by atoms with E-state index in [-0.39, 0.29) is 23.5 Å². The standard InChI is InChI=1S/C18H30N4O/c1-13(17(23)21-10-5-6-11-21)20-15-8-7-9-16-14(15)12-19-22(16)18(2,3)4/h12-13,15,20H,5-11H2,1-4H3/t13-,15-/m0/s1. The Hall–Kier alpha value is -1.36. The predicted molar refractivity (Wildman–Crippen MR) is 91.3 cm³/mol. The highest BCUT2D eigenvalue weighted by Gasteiger charge is 2.31. The van der Waals surface area contributed by atoms with Gasteiger partial charge in [0.25, 0.3) is 0 Å². The van der Waals surface area contributed by atoms with Crippen molar-refractivity contribution >= 4 is 5.91 Å². The normalized spacial score (nSPS) is 23.0. The van der Waals surface area contributed by atoms with E-state index in [4.69, 9.17) is 0 Å². The van der Waals surface area contributed by atoms with Crippen LogP contribution in [0.15, 0.2) is 6.20 Å². The van der Waals surface area contributed by atoms with Crippen molar-refractivity contribution in [1.82, 2.24) is 20.0 Å². The molecule has 128 valence electrons. The van der Waals surface area contributed by atoms with Crippen LogP contribution < -0.4 is 5.32 Å². The third-order valence-corrected chi connectivity index (χ3v) is 5.06. The first-order valence-electron chi connectivity index (χ1n) is 9.00. The SMILES string of the molecule is C[C@H](N[C@H]1CCCc2c1cnn2C(C)(C)C)C(=O)N1CCCC1. The topological polar surface area (TPSA) is 50.2 Å². The zero-order valence-corrected chi connectivity index (χ0v) is 14.9. The summed E-state index contributed by atoms with van der Waals surface area (Å²) in [7, 11) is 0. The van der Waals surface area contributed by atoms with Crippen molar-refractivity contribution in [1.29, 1.82) is 0 Å². The molecule has 5 heteroatoms. The molecule has 2 heterocycles. The lowest BCUT2D eigenvalue weighted by Gasteiger charge is -2.30. The lowest BCUT2D eigenvalue weighted by Crippen LogP contribution is -2.45. The van der Waals surface area contributed by atoms with Crippen LogP contribution in [0.5, 0.6) is 0 Å². The Morgan fingerprint density at radius 3 is 2.65 bits per heavy atom. The molecule has 1 aliphatic heterocycles. The Kier molecular flexibility index (Phi) is 4.50. The molecule has 0 spiro atoms. The molecular formula is C18H30N4O. The number of hydrogen-bond acceptors (Lipinski definition) is 3. The number of carbonyl (C=O) groups excluding carboxylic acids is 1. The second-order valence-electron chi connectivity index (χ2n) is 7.99. The molecule has 2 atom stereocenters. The van der Waals surface area contributed by atoms with Gasteiger partial charge in [0.05, 0.1) is 17.8 Å². The van der Waals surface area contributed by atoms with Gasteiger partial charge < -0.3 is 4.90 Å². The summed E-state index contributed by atoms with van der Waals surface area (Å²) in [5, 5.41) is 8.20. The van der Waals surface area contributed by atoms with Crippen LogP contribution in [0.1, 0.15) is 70.7 Å². The van der Waals surface area contributed by atoms with Gasteiger partial charge >= 0.3 is 0 Å². The minimum absolute atomic E-state index is 0.00641. The molecule has 1 saturated heterocycles. The van der Waals surface area contributed by atoms with E-state index in [0.717, 1.165) is 45.2 Å². The fraction of sp³-hybridized carbons (Fsp3) is 0.778. The first-order chi connectivity index (χ1) is 10.9. The minimum Gasteiger partial charge on any atom is -0.341 e. The van der Waals surface area contributed by atoms with Crippen molar-refractivity contribution in [2.75, 3.05) is 13.1 Å². The van der Waals surface area contributed by atoms with Crippen LogP contribution in [0.4, 0.5) is 0 Å². The summed E-state index contributed by atoms with van der Waals surface area (Å²) in [6.07, 6.45) is 7.61. The Morgan fingerprint density at radius 2 is 2.00 bits per heavy atom. The molecule has 0 saturated carbocycles. The molecule has 1 aromatic heterocycles. The van der Waals surface area contributed by atoms with E-state index in [1.165, 1.54) is 11.3 Å². The number of hydrogen-bond donors (Lipinski definition) is 1. The molecule has 1 amide bonds. The van der Waals surface area contributed by atoms with Gasteiger partial charge in [0, 0.05) is 30.4 Å². The summed E-state index contributed by atoms with van der Waals surface area (Å²) in [6, 6.07) is 0.124. The Bertz CT molecular complexity index is 566. The molecule has 0 radical (unpaired) electrons. The maximum atomic E-state index is 12.5. The Labute approximate surface area is 139 Å². The molecule has 1 N–H and O–H groups in total. The predicted octanol–water partition coefficient (Wildman–Crippen LogP) is 2.62. The molecule has 0 bridgehead atoms. The summed E-state index contributed by atoms with van der Waals surface area (Å²) in [5.41, 5.74) is 2.63. The first kappa shape index (κ1) is 16.5. The van der Waals surface area contributed by atoms with Crippen LogP contribution in [0.2, 0.25) is 0 Å². The number of nitrogens with one attached hydrogen (secondary N) is 1. The molecule has 1 fully saturated rings. The second-order valence-corrected chi connectivity index (χ2v) is 7.99. The highest BCUT2D eigenvalue weighted by atomic mass is 16.2. The van der Waals surface area contributed by atoms with E-state index < -0.39 is 0 Å². The third-order valence-electron chi connectivity index (χ3n) is 5.06. The number of aromatic nitrogens is 2. The van der Waals surface area contributed by atoms with E-state index in [1.807, 2.05) is 18.0 Å². The van der Waals surface area contributed by atoms with Crippen LogP contribution in [0, 0.1) is 0 Å². The van der Waals surface area contributed by atoms with Gasteiger partial charge in [-0.3, -0.25) is 14.8 Å². The van der Waals surface area contributed by atoms with E-state index >= 15 is 0 Å². The molecule has 2 aliphatic rings. The second kappa shape index (κ2) is 6.27. The monoisotopic (exact) mass is 318 g/mol. The maximum Gasteiger partial charge on any atom is 0.239 e. The lowest BCUT2D eigenvalue weighted by molar-refractivity contribution is -0.132. The number of rotatable bonds is 3. The van der Waals surface area contributed by atoms with Crippen LogP contribution in [-0.4, -0.2) is 39.7 Å². The number of amides is 1. The highest BCUT2D eigenvalue weighted by Crippen LogP contribution is 2.32. The van der Waals surface area contributed by atoms with Crippen molar-refractivity contribution in [2.45, 2.75) is 77.4 Å². The van der Waals surface area contributed by atoms with E-state index in [0.29, 0.717) is 0 Å². The summed E-state index contributed by atoms with van der Waals surface area (Å²) < 4.78 is 2.16. The highest BCUT2D eigenvalue weighted by molar-refractivity contribution is 5.81. The van der Waals surface area contributed by atoms with E-state index in [1.54, 1.807) is 0 Å². The van der Waals surface area contributed by atoms with Crippen molar-refractivity contribution in [2.24, 2.45) is 0 Å². The van der Waals surface area contributed by atoms with Crippen molar-refractivity contribution in [3.05, 3.63) is 17.5 Å². The molecule has 0 unspecified atom stereocenters. The van der Waals surface area contributed by atoms with Gasteiger partial charge in [-0.15, -0.1) is 0 Å².